The summed E-state index contributed by atoms with van der Waals surface area (Å²) in [6.07, 6.45) is -0.582. The van der Waals surface area contributed by atoms with Crippen LogP contribution in [0.2, 0.25) is 0 Å². The van der Waals surface area contributed by atoms with Crippen LogP contribution in [0.1, 0.15) is 37.9 Å². The molecule has 0 radical (unpaired) electrons. The zero-order valence-corrected chi connectivity index (χ0v) is 18.6. The van der Waals surface area contributed by atoms with Gasteiger partial charge in [-0.15, -0.1) is 0 Å². The minimum absolute atomic E-state index is 0.0985. The molecule has 1 N–H and O–H groups in total. The fourth-order valence-corrected chi connectivity index (χ4v) is 4.87. The van der Waals surface area contributed by atoms with Gasteiger partial charge >= 0.3 is 6.09 Å². The molecule has 0 fully saturated rings. The second kappa shape index (κ2) is 7.40. The summed E-state index contributed by atoms with van der Waals surface area (Å²) in [6, 6.07) is 11.6. The Morgan fingerprint density at radius 3 is 2.43 bits per heavy atom. The molecular weight excluding hydrogens is 444 g/mol. The van der Waals surface area contributed by atoms with E-state index in [0.717, 1.165) is 15.6 Å². The zero-order chi connectivity index (χ0) is 20.7. The molecule has 0 aromatic heterocycles. The third-order valence-electron chi connectivity index (χ3n) is 4.28. The van der Waals surface area contributed by atoms with E-state index in [1.165, 1.54) is 4.31 Å². The standard InChI is InChI=1S/C20H23BrN2O4S/c1-13-5-8-15(9-6-13)28(25,26)23-12-17(22-19(24)27-20(2,3)4)16-10-7-14(21)11-18(16)23/h5-11,17H,12H2,1-4H3,(H,22,24). The first-order valence-corrected chi connectivity index (χ1v) is 11.1. The van der Waals surface area contributed by atoms with Gasteiger partial charge in [0.05, 0.1) is 23.2 Å². The van der Waals surface area contributed by atoms with E-state index < -0.39 is 27.8 Å². The van der Waals surface area contributed by atoms with Crippen molar-refractivity contribution in [1.29, 1.82) is 0 Å². The molecule has 0 saturated heterocycles. The number of aryl methyl sites for hydroxylation is 1. The number of alkyl carbamates (subject to hydrolysis) is 1. The summed E-state index contributed by atoms with van der Waals surface area (Å²) in [5.41, 5.74) is 1.60. The van der Waals surface area contributed by atoms with Crippen LogP contribution in [0.3, 0.4) is 0 Å². The molecule has 0 aliphatic carbocycles. The molecule has 3 rings (SSSR count). The summed E-state index contributed by atoms with van der Waals surface area (Å²) < 4.78 is 33.9. The Kier molecular flexibility index (Phi) is 5.46. The first kappa shape index (κ1) is 20.7. The van der Waals surface area contributed by atoms with Gasteiger partial charge in [0.25, 0.3) is 10.0 Å². The second-order valence-corrected chi connectivity index (χ2v) is 10.5. The molecule has 1 atom stereocenters. The fraction of sp³-hybridized carbons (Fsp3) is 0.350. The van der Waals surface area contributed by atoms with Crippen molar-refractivity contribution in [3.63, 3.8) is 0 Å². The maximum atomic E-state index is 13.2. The molecule has 1 heterocycles. The number of halogens is 1. The highest BCUT2D eigenvalue weighted by atomic mass is 79.9. The number of sulfonamides is 1. The van der Waals surface area contributed by atoms with Gasteiger partial charge < -0.3 is 10.1 Å². The smallest absolute Gasteiger partial charge is 0.408 e. The first-order chi connectivity index (χ1) is 13.0. The predicted molar refractivity (Wildman–Crippen MR) is 112 cm³/mol. The highest BCUT2D eigenvalue weighted by Gasteiger charge is 2.38. The number of rotatable bonds is 3. The van der Waals surface area contributed by atoms with Crippen LogP contribution in [0.25, 0.3) is 0 Å². The summed E-state index contributed by atoms with van der Waals surface area (Å²) in [4.78, 5) is 12.5. The summed E-state index contributed by atoms with van der Waals surface area (Å²) in [5, 5.41) is 2.79. The third-order valence-corrected chi connectivity index (χ3v) is 6.57. The molecule has 0 bridgehead atoms. The van der Waals surface area contributed by atoms with Crippen molar-refractivity contribution >= 4 is 37.7 Å². The van der Waals surface area contributed by atoms with E-state index in [1.54, 1.807) is 51.1 Å². The Hall–Kier alpha value is -2.06. The van der Waals surface area contributed by atoms with Crippen molar-refractivity contribution < 1.29 is 17.9 Å². The Labute approximate surface area is 174 Å². The molecule has 0 saturated carbocycles. The summed E-state index contributed by atoms with van der Waals surface area (Å²) in [7, 11) is -3.77. The van der Waals surface area contributed by atoms with Crippen molar-refractivity contribution in [2.45, 2.75) is 44.2 Å². The van der Waals surface area contributed by atoms with Gasteiger partial charge in [0.15, 0.2) is 0 Å². The van der Waals surface area contributed by atoms with Gasteiger partial charge in [0.1, 0.15) is 5.60 Å². The van der Waals surface area contributed by atoms with Gasteiger partial charge in [-0.1, -0.05) is 39.7 Å². The van der Waals surface area contributed by atoms with Crippen LogP contribution in [-0.4, -0.2) is 26.7 Å². The molecule has 0 spiro atoms. The third kappa shape index (κ3) is 4.33. The molecule has 6 nitrogen and oxygen atoms in total. The Bertz CT molecular complexity index is 998. The van der Waals surface area contributed by atoms with Crippen molar-refractivity contribution in [2.75, 3.05) is 10.8 Å². The lowest BCUT2D eigenvalue weighted by Crippen LogP contribution is -2.38. The van der Waals surface area contributed by atoms with Gasteiger partial charge in [-0.25, -0.2) is 13.2 Å². The van der Waals surface area contributed by atoms with Gasteiger partial charge in [-0.05, 0) is 52.0 Å². The van der Waals surface area contributed by atoms with Crippen LogP contribution in [0, 0.1) is 6.92 Å². The molecule has 28 heavy (non-hydrogen) atoms. The molecule has 2 aromatic carbocycles. The minimum atomic E-state index is -3.77. The van der Waals surface area contributed by atoms with E-state index in [2.05, 4.69) is 21.2 Å². The molecule has 1 amide bonds. The molecule has 2 aromatic rings. The lowest BCUT2D eigenvalue weighted by molar-refractivity contribution is 0.0507. The number of carbonyl (C=O) groups excluding carboxylic acids is 1. The number of fused-ring (bicyclic) bond motifs is 1. The van der Waals surface area contributed by atoms with E-state index in [0.29, 0.717) is 5.69 Å². The van der Waals surface area contributed by atoms with E-state index in [9.17, 15) is 13.2 Å². The normalized spacial score (nSPS) is 16.6. The number of nitrogens with zero attached hydrogens (tertiary/aromatic N) is 1. The highest BCUT2D eigenvalue weighted by Crippen LogP contribution is 2.40. The Morgan fingerprint density at radius 1 is 1.18 bits per heavy atom. The molecule has 150 valence electrons. The lowest BCUT2D eigenvalue weighted by Gasteiger charge is -2.22. The fourth-order valence-electron chi connectivity index (χ4n) is 3.03. The number of nitrogens with one attached hydrogen (secondary N) is 1. The highest BCUT2D eigenvalue weighted by molar-refractivity contribution is 9.10. The zero-order valence-electron chi connectivity index (χ0n) is 16.2. The lowest BCUT2D eigenvalue weighted by atomic mass is 10.1. The SMILES string of the molecule is Cc1ccc(S(=O)(=O)N2CC(NC(=O)OC(C)(C)C)c3ccc(Br)cc32)cc1. The van der Waals surface area contributed by atoms with E-state index >= 15 is 0 Å². The van der Waals surface area contributed by atoms with Gasteiger partial charge in [-0.2, -0.15) is 0 Å². The van der Waals surface area contributed by atoms with Crippen molar-refractivity contribution in [3.8, 4) is 0 Å². The maximum absolute atomic E-state index is 13.2. The summed E-state index contributed by atoms with van der Waals surface area (Å²) in [5.74, 6) is 0. The van der Waals surface area contributed by atoms with Crippen LogP contribution in [0.15, 0.2) is 51.8 Å². The van der Waals surface area contributed by atoms with Crippen molar-refractivity contribution in [2.24, 2.45) is 0 Å². The van der Waals surface area contributed by atoms with E-state index in [-0.39, 0.29) is 11.4 Å². The quantitative estimate of drug-likeness (QED) is 0.720. The van der Waals surface area contributed by atoms with Crippen LogP contribution >= 0.6 is 15.9 Å². The van der Waals surface area contributed by atoms with Crippen molar-refractivity contribution in [1.82, 2.24) is 5.32 Å². The number of anilines is 1. The van der Waals surface area contributed by atoms with Crippen LogP contribution in [0.4, 0.5) is 10.5 Å². The Balaban J connectivity index is 1.95. The number of hydrogen-bond donors (Lipinski definition) is 1. The number of hydrogen-bond acceptors (Lipinski definition) is 4. The molecule has 1 aliphatic heterocycles. The first-order valence-electron chi connectivity index (χ1n) is 8.86. The minimum Gasteiger partial charge on any atom is -0.444 e. The monoisotopic (exact) mass is 466 g/mol. The van der Waals surface area contributed by atoms with Gasteiger partial charge in [0.2, 0.25) is 0 Å². The second-order valence-electron chi connectivity index (χ2n) is 7.75. The number of ether oxygens (including phenoxy) is 1. The maximum Gasteiger partial charge on any atom is 0.408 e. The average Bonchev–Trinajstić information content (AvgIpc) is 2.91. The van der Waals surface area contributed by atoms with Gasteiger partial charge in [-0.3, -0.25) is 4.31 Å². The number of amides is 1. The molecular formula is C20H23BrN2O4S. The number of benzene rings is 2. The summed E-state index contributed by atoms with van der Waals surface area (Å²) in [6.45, 7) is 7.34. The Morgan fingerprint density at radius 2 is 1.82 bits per heavy atom. The molecule has 1 aliphatic rings. The molecule has 8 heteroatoms. The topological polar surface area (TPSA) is 75.7 Å². The summed E-state index contributed by atoms with van der Waals surface area (Å²) >= 11 is 3.40. The predicted octanol–water partition coefficient (Wildman–Crippen LogP) is 4.53. The number of carbonyl (C=O) groups is 1. The van der Waals surface area contributed by atoms with Crippen LogP contribution < -0.4 is 9.62 Å². The largest absolute Gasteiger partial charge is 0.444 e. The van der Waals surface area contributed by atoms with E-state index in [1.807, 2.05) is 19.1 Å². The average molecular weight is 467 g/mol. The van der Waals surface area contributed by atoms with Crippen LogP contribution in [-0.2, 0) is 14.8 Å². The van der Waals surface area contributed by atoms with Crippen LogP contribution in [0.5, 0.6) is 0 Å². The van der Waals surface area contributed by atoms with Gasteiger partial charge in [0, 0.05) is 10.0 Å². The van der Waals surface area contributed by atoms with E-state index in [4.69, 9.17) is 4.74 Å². The molecule has 1 unspecified atom stereocenters. The van der Waals surface area contributed by atoms with Crippen molar-refractivity contribution in [3.05, 3.63) is 58.1 Å².